The molecule has 2 heteroatoms. The van der Waals surface area contributed by atoms with Crippen molar-refractivity contribution in [1.29, 1.82) is 0 Å². The summed E-state index contributed by atoms with van der Waals surface area (Å²) in [5, 5.41) is 11.6. The van der Waals surface area contributed by atoms with Gasteiger partial charge in [-0.3, -0.25) is 0 Å². The van der Waals surface area contributed by atoms with E-state index in [2.05, 4.69) is 140 Å². The van der Waals surface area contributed by atoms with Crippen LogP contribution >= 0.6 is 11.3 Å². The summed E-state index contributed by atoms with van der Waals surface area (Å²) in [6.07, 6.45) is 0. The van der Waals surface area contributed by atoms with Crippen molar-refractivity contribution < 1.29 is 0 Å². The van der Waals surface area contributed by atoms with E-state index in [-0.39, 0.29) is 0 Å². The van der Waals surface area contributed by atoms with Crippen LogP contribution in [0.1, 0.15) is 0 Å². The molecule has 0 radical (unpaired) electrons. The Morgan fingerprint density at radius 1 is 0.390 bits per heavy atom. The van der Waals surface area contributed by atoms with Crippen LogP contribution in [0.4, 0.5) is 0 Å². The van der Waals surface area contributed by atoms with Crippen molar-refractivity contribution in [2.24, 2.45) is 0 Å². The molecular formula is C39H23NS. The molecule has 190 valence electrons. The molecule has 0 spiro atoms. The fraction of sp³-hybridized carbons (Fsp3) is 0. The highest BCUT2D eigenvalue weighted by atomic mass is 32.1. The minimum atomic E-state index is 1.04. The van der Waals surface area contributed by atoms with E-state index in [9.17, 15) is 0 Å². The molecule has 0 atom stereocenters. The maximum atomic E-state index is 5.19. The number of hydrogen-bond acceptors (Lipinski definition) is 2. The van der Waals surface area contributed by atoms with E-state index in [1.165, 1.54) is 69.0 Å². The third-order valence-corrected chi connectivity index (χ3v) is 9.63. The minimum Gasteiger partial charge on any atom is -0.246 e. The normalized spacial score (nSPS) is 11.9. The van der Waals surface area contributed by atoms with Gasteiger partial charge in [0.15, 0.2) is 0 Å². The molecule has 7 aromatic carbocycles. The molecule has 0 amide bonds. The number of benzene rings is 7. The highest BCUT2D eigenvalue weighted by molar-refractivity contribution is 7.26. The lowest BCUT2D eigenvalue weighted by molar-refractivity contribution is 1.44. The lowest BCUT2D eigenvalue weighted by Gasteiger charge is -2.12. The summed E-state index contributed by atoms with van der Waals surface area (Å²) < 4.78 is 2.55. The second-order valence-corrected chi connectivity index (χ2v) is 11.8. The summed E-state index contributed by atoms with van der Waals surface area (Å²) in [5.41, 5.74) is 5.68. The van der Waals surface area contributed by atoms with Crippen molar-refractivity contribution in [3.63, 3.8) is 0 Å². The summed E-state index contributed by atoms with van der Waals surface area (Å²) in [6, 6.07) is 50.6. The molecule has 0 unspecified atom stereocenters. The first kappa shape index (κ1) is 22.7. The first-order valence-electron chi connectivity index (χ1n) is 14.0. The Morgan fingerprint density at radius 2 is 0.902 bits per heavy atom. The number of nitrogens with zero attached hydrogens (tertiary/aromatic N) is 1. The molecule has 0 saturated heterocycles. The van der Waals surface area contributed by atoms with Crippen LogP contribution in [0.5, 0.6) is 0 Å². The Labute approximate surface area is 240 Å². The van der Waals surface area contributed by atoms with Crippen LogP contribution in [0, 0.1) is 0 Å². The third-order valence-electron chi connectivity index (χ3n) is 8.45. The van der Waals surface area contributed by atoms with Crippen LogP contribution < -0.4 is 0 Å². The van der Waals surface area contributed by atoms with E-state index in [1.54, 1.807) is 0 Å². The summed E-state index contributed by atoms with van der Waals surface area (Å²) in [6.45, 7) is 0. The lowest BCUT2D eigenvalue weighted by Crippen LogP contribution is -1.88. The number of aromatic nitrogens is 1. The van der Waals surface area contributed by atoms with Crippen molar-refractivity contribution in [3.8, 4) is 22.4 Å². The van der Waals surface area contributed by atoms with Crippen LogP contribution in [0.25, 0.3) is 85.8 Å². The maximum absolute atomic E-state index is 5.19. The second-order valence-electron chi connectivity index (χ2n) is 10.7. The number of fused-ring (bicyclic) bond motifs is 11. The van der Waals surface area contributed by atoms with Gasteiger partial charge in [-0.2, -0.15) is 0 Å². The zero-order valence-electron chi connectivity index (χ0n) is 22.1. The molecule has 1 nitrogen and oxygen atoms in total. The molecule has 2 heterocycles. The van der Waals surface area contributed by atoms with Gasteiger partial charge in [-0.05, 0) is 61.6 Å². The Morgan fingerprint density at radius 3 is 1.61 bits per heavy atom. The largest absolute Gasteiger partial charge is 0.246 e. The minimum absolute atomic E-state index is 1.04. The molecule has 0 fully saturated rings. The van der Waals surface area contributed by atoms with Crippen LogP contribution in [-0.2, 0) is 0 Å². The second kappa shape index (κ2) is 8.72. The molecule has 0 bridgehead atoms. The topological polar surface area (TPSA) is 12.9 Å². The first-order valence-corrected chi connectivity index (χ1v) is 14.8. The predicted molar refractivity (Wildman–Crippen MR) is 178 cm³/mol. The summed E-state index contributed by atoms with van der Waals surface area (Å²) >= 11 is 1.84. The molecule has 2 aromatic heterocycles. The van der Waals surface area contributed by atoms with E-state index >= 15 is 0 Å². The van der Waals surface area contributed by atoms with Crippen LogP contribution in [0.3, 0.4) is 0 Å². The zero-order valence-corrected chi connectivity index (χ0v) is 23.0. The Hall–Kier alpha value is -5.05. The fourth-order valence-corrected chi connectivity index (χ4v) is 7.77. The SMILES string of the molecule is c1ccc2c(c1)nc(-c1ccc(-c3ccc4c5ccccc5c5ccccc5c4c3)cc1)c1sc3ccccc3c12. The Bertz CT molecular complexity index is 2430. The highest BCUT2D eigenvalue weighted by Gasteiger charge is 2.16. The van der Waals surface area contributed by atoms with Crippen LogP contribution in [-0.4, -0.2) is 4.98 Å². The van der Waals surface area contributed by atoms with Crippen molar-refractivity contribution in [2.45, 2.75) is 0 Å². The van der Waals surface area contributed by atoms with Gasteiger partial charge in [0.1, 0.15) is 0 Å². The molecular weight excluding hydrogens is 515 g/mol. The van der Waals surface area contributed by atoms with Gasteiger partial charge >= 0.3 is 0 Å². The van der Waals surface area contributed by atoms with Gasteiger partial charge in [0.2, 0.25) is 0 Å². The van der Waals surface area contributed by atoms with E-state index in [0.29, 0.717) is 0 Å². The standard InChI is InChI=1S/C39H23NS/c1-2-11-29-27(9-1)28-10-3-4-12-30(28)34-23-26(21-22-31(29)34)24-17-19-25(20-18-24)38-39-37(32-13-5-7-15-35(32)40-38)33-14-6-8-16-36(33)41-39/h1-23H. The maximum Gasteiger partial charge on any atom is 0.0888 e. The van der Waals surface area contributed by atoms with E-state index < -0.39 is 0 Å². The highest BCUT2D eigenvalue weighted by Crippen LogP contribution is 2.43. The number of rotatable bonds is 2. The zero-order chi connectivity index (χ0) is 26.9. The van der Waals surface area contributed by atoms with Crippen LogP contribution in [0.2, 0.25) is 0 Å². The molecule has 9 aromatic rings. The predicted octanol–water partition coefficient (Wildman–Crippen LogP) is 11.4. The molecule has 0 aliphatic heterocycles. The molecule has 0 aliphatic carbocycles. The fourth-order valence-electron chi connectivity index (χ4n) is 6.54. The molecule has 0 aliphatic rings. The van der Waals surface area contributed by atoms with Crippen molar-refractivity contribution >= 4 is 74.7 Å². The van der Waals surface area contributed by atoms with E-state index in [1.807, 2.05) is 11.3 Å². The summed E-state index contributed by atoms with van der Waals surface area (Å²) in [5.74, 6) is 0. The van der Waals surface area contributed by atoms with Gasteiger partial charge in [-0.25, -0.2) is 4.98 Å². The molecule has 41 heavy (non-hydrogen) atoms. The summed E-state index contributed by atoms with van der Waals surface area (Å²) in [7, 11) is 0. The summed E-state index contributed by atoms with van der Waals surface area (Å²) in [4.78, 5) is 5.19. The van der Waals surface area contributed by atoms with E-state index in [4.69, 9.17) is 4.98 Å². The number of thiophene rings is 1. The van der Waals surface area contributed by atoms with Crippen LogP contribution in [0.15, 0.2) is 140 Å². The lowest BCUT2D eigenvalue weighted by atomic mass is 9.92. The first-order chi connectivity index (χ1) is 20.3. The molecule has 9 rings (SSSR count). The van der Waals surface area contributed by atoms with Crippen molar-refractivity contribution in [3.05, 3.63) is 140 Å². The molecule has 0 saturated carbocycles. The number of hydrogen-bond donors (Lipinski definition) is 0. The average molecular weight is 538 g/mol. The van der Waals surface area contributed by atoms with Gasteiger partial charge in [0.25, 0.3) is 0 Å². The monoisotopic (exact) mass is 537 g/mol. The van der Waals surface area contributed by atoms with Gasteiger partial charge < -0.3 is 0 Å². The Kier molecular flexibility index (Phi) is 4.84. The van der Waals surface area contributed by atoms with Gasteiger partial charge in [0, 0.05) is 26.4 Å². The number of para-hydroxylation sites is 1. The quantitative estimate of drug-likeness (QED) is 0.200. The molecule has 0 N–H and O–H groups in total. The smallest absolute Gasteiger partial charge is 0.0888 e. The average Bonchev–Trinajstić information content (AvgIpc) is 3.44. The Balaban J connectivity index is 1.22. The van der Waals surface area contributed by atoms with Crippen molar-refractivity contribution in [1.82, 2.24) is 4.98 Å². The number of pyridine rings is 1. The van der Waals surface area contributed by atoms with Gasteiger partial charge in [-0.1, -0.05) is 121 Å². The third kappa shape index (κ3) is 3.38. The van der Waals surface area contributed by atoms with E-state index in [0.717, 1.165) is 16.8 Å². The van der Waals surface area contributed by atoms with Gasteiger partial charge in [0.05, 0.1) is 15.9 Å². The van der Waals surface area contributed by atoms with Gasteiger partial charge in [-0.15, -0.1) is 11.3 Å². The van der Waals surface area contributed by atoms with Crippen molar-refractivity contribution in [2.75, 3.05) is 0 Å².